The van der Waals surface area contributed by atoms with Gasteiger partial charge >= 0.3 is 0 Å². The third-order valence-electron chi connectivity index (χ3n) is 5.40. The van der Waals surface area contributed by atoms with E-state index in [9.17, 15) is 18.4 Å². The van der Waals surface area contributed by atoms with E-state index in [-0.39, 0.29) is 24.9 Å². The molecule has 2 N–H and O–H groups in total. The molecule has 2 aromatic carbocycles. The minimum absolute atomic E-state index is 0.0184. The van der Waals surface area contributed by atoms with Gasteiger partial charge in [0, 0.05) is 13.0 Å². The number of hydrogen-bond acceptors (Lipinski definition) is 3. The van der Waals surface area contributed by atoms with E-state index < -0.39 is 23.2 Å². The SMILES string of the molecule is CCN(CCC(=O)NC1CCCc2ccccc21)CC(=O)Nc1c(F)cccc1F. The first kappa shape index (κ1) is 21.9. The number of carbonyl (C=O) groups excluding carboxylic acids is 2. The molecule has 2 aromatic rings. The second-order valence-corrected chi connectivity index (χ2v) is 7.47. The molecule has 1 atom stereocenters. The molecule has 7 heteroatoms. The summed E-state index contributed by atoms with van der Waals surface area (Å²) in [5.74, 6) is -2.24. The Kier molecular flexibility index (Phi) is 7.52. The van der Waals surface area contributed by atoms with Crippen molar-refractivity contribution in [2.24, 2.45) is 0 Å². The number of halogens is 2. The van der Waals surface area contributed by atoms with Crippen LogP contribution >= 0.6 is 0 Å². The summed E-state index contributed by atoms with van der Waals surface area (Å²) >= 11 is 0. The zero-order chi connectivity index (χ0) is 21.5. The number of amides is 2. The molecule has 1 unspecified atom stereocenters. The maximum Gasteiger partial charge on any atom is 0.238 e. The number of nitrogens with one attached hydrogen (secondary N) is 2. The fraction of sp³-hybridized carbons (Fsp3) is 0.391. The van der Waals surface area contributed by atoms with Crippen LogP contribution in [-0.4, -0.2) is 36.3 Å². The van der Waals surface area contributed by atoms with Gasteiger partial charge < -0.3 is 10.6 Å². The molecule has 0 spiro atoms. The first-order valence-corrected chi connectivity index (χ1v) is 10.3. The lowest BCUT2D eigenvalue weighted by Crippen LogP contribution is -2.37. The lowest BCUT2D eigenvalue weighted by atomic mass is 9.87. The molecular formula is C23H27F2N3O2. The number of aryl methyl sites for hydroxylation is 1. The minimum atomic E-state index is -0.821. The van der Waals surface area contributed by atoms with Gasteiger partial charge in [-0.05, 0) is 49.1 Å². The Balaban J connectivity index is 1.49. The fourth-order valence-corrected chi connectivity index (χ4v) is 3.78. The smallest absolute Gasteiger partial charge is 0.238 e. The highest BCUT2D eigenvalue weighted by molar-refractivity contribution is 5.92. The molecule has 160 valence electrons. The third-order valence-corrected chi connectivity index (χ3v) is 5.40. The van der Waals surface area contributed by atoms with Crippen molar-refractivity contribution in [2.75, 3.05) is 25.0 Å². The molecule has 0 radical (unpaired) electrons. The van der Waals surface area contributed by atoms with E-state index in [0.29, 0.717) is 13.1 Å². The van der Waals surface area contributed by atoms with E-state index in [2.05, 4.69) is 22.8 Å². The molecule has 5 nitrogen and oxygen atoms in total. The van der Waals surface area contributed by atoms with Crippen LogP contribution in [0.3, 0.4) is 0 Å². The summed E-state index contributed by atoms with van der Waals surface area (Å²) in [5, 5.41) is 5.37. The molecule has 1 aliphatic rings. The number of carbonyl (C=O) groups is 2. The van der Waals surface area contributed by atoms with Crippen molar-refractivity contribution >= 4 is 17.5 Å². The van der Waals surface area contributed by atoms with Crippen molar-refractivity contribution in [1.82, 2.24) is 10.2 Å². The summed E-state index contributed by atoms with van der Waals surface area (Å²) in [7, 11) is 0. The van der Waals surface area contributed by atoms with Gasteiger partial charge in [-0.1, -0.05) is 37.3 Å². The van der Waals surface area contributed by atoms with Crippen LogP contribution in [0.1, 0.15) is 43.4 Å². The van der Waals surface area contributed by atoms with Crippen LogP contribution in [-0.2, 0) is 16.0 Å². The lowest BCUT2D eigenvalue weighted by molar-refractivity contribution is -0.123. The van der Waals surface area contributed by atoms with Gasteiger partial charge in [-0.2, -0.15) is 0 Å². The quantitative estimate of drug-likeness (QED) is 0.689. The second kappa shape index (κ2) is 10.3. The molecule has 0 aliphatic heterocycles. The number of likely N-dealkylation sites (N-methyl/N-ethyl adjacent to an activating group) is 1. The van der Waals surface area contributed by atoms with Crippen molar-refractivity contribution < 1.29 is 18.4 Å². The van der Waals surface area contributed by atoms with Crippen LogP contribution in [0.5, 0.6) is 0 Å². The predicted octanol–water partition coefficient (Wildman–Crippen LogP) is 3.81. The molecule has 0 saturated carbocycles. The van der Waals surface area contributed by atoms with E-state index in [4.69, 9.17) is 0 Å². The van der Waals surface area contributed by atoms with Gasteiger partial charge in [0.2, 0.25) is 11.8 Å². The Morgan fingerprint density at radius 2 is 1.80 bits per heavy atom. The summed E-state index contributed by atoms with van der Waals surface area (Å²) in [6, 6.07) is 11.6. The number of anilines is 1. The van der Waals surface area contributed by atoms with Gasteiger partial charge in [0.25, 0.3) is 0 Å². The number of nitrogens with zero attached hydrogens (tertiary/aromatic N) is 1. The number of hydrogen-bond donors (Lipinski definition) is 2. The van der Waals surface area contributed by atoms with Crippen LogP contribution < -0.4 is 10.6 Å². The van der Waals surface area contributed by atoms with Crippen molar-refractivity contribution in [3.8, 4) is 0 Å². The number of benzene rings is 2. The molecule has 2 amide bonds. The summed E-state index contributed by atoms with van der Waals surface area (Å²) in [6.45, 7) is 2.73. The Bertz CT molecular complexity index is 884. The minimum Gasteiger partial charge on any atom is -0.349 e. The Hall–Kier alpha value is -2.80. The number of para-hydroxylation sites is 1. The van der Waals surface area contributed by atoms with Gasteiger partial charge in [0.05, 0.1) is 12.6 Å². The average Bonchev–Trinajstić information content (AvgIpc) is 2.74. The van der Waals surface area contributed by atoms with Gasteiger partial charge in [0.15, 0.2) is 0 Å². The van der Waals surface area contributed by atoms with Crippen molar-refractivity contribution in [3.63, 3.8) is 0 Å². The monoisotopic (exact) mass is 415 g/mol. The highest BCUT2D eigenvalue weighted by Crippen LogP contribution is 2.29. The molecule has 0 aromatic heterocycles. The first-order chi connectivity index (χ1) is 14.5. The summed E-state index contributed by atoms with van der Waals surface area (Å²) in [4.78, 5) is 26.4. The maximum absolute atomic E-state index is 13.7. The largest absolute Gasteiger partial charge is 0.349 e. The van der Waals surface area contributed by atoms with E-state index in [1.54, 1.807) is 4.90 Å². The van der Waals surface area contributed by atoms with E-state index >= 15 is 0 Å². The highest BCUT2D eigenvalue weighted by atomic mass is 19.1. The van der Waals surface area contributed by atoms with Crippen molar-refractivity contribution in [3.05, 3.63) is 65.2 Å². The van der Waals surface area contributed by atoms with E-state index in [0.717, 1.165) is 31.4 Å². The first-order valence-electron chi connectivity index (χ1n) is 10.3. The summed E-state index contributed by atoms with van der Waals surface area (Å²) in [6.07, 6.45) is 3.23. The van der Waals surface area contributed by atoms with Crippen LogP contribution in [0.15, 0.2) is 42.5 Å². The average molecular weight is 415 g/mol. The Labute approximate surface area is 175 Å². The molecule has 3 rings (SSSR count). The normalized spacial score (nSPS) is 15.5. The van der Waals surface area contributed by atoms with E-state index in [1.165, 1.54) is 17.2 Å². The van der Waals surface area contributed by atoms with Crippen LogP contribution in [0.4, 0.5) is 14.5 Å². The van der Waals surface area contributed by atoms with Gasteiger partial charge in [-0.3, -0.25) is 14.5 Å². The standard InChI is InChI=1S/C23H27F2N3O2/c1-2-28(15-22(30)27-23-18(24)10-6-11-19(23)25)14-13-21(29)26-20-12-5-8-16-7-3-4-9-17(16)20/h3-4,6-7,9-11,20H,2,5,8,12-15H2,1H3,(H,26,29)(H,27,30). The molecule has 1 aliphatic carbocycles. The second-order valence-electron chi connectivity index (χ2n) is 7.47. The van der Waals surface area contributed by atoms with Gasteiger partial charge in [-0.15, -0.1) is 0 Å². The highest BCUT2D eigenvalue weighted by Gasteiger charge is 2.22. The molecule has 0 heterocycles. The third kappa shape index (κ3) is 5.63. The fourth-order valence-electron chi connectivity index (χ4n) is 3.78. The number of rotatable bonds is 8. The molecule has 0 saturated heterocycles. The molecule has 30 heavy (non-hydrogen) atoms. The summed E-state index contributed by atoms with van der Waals surface area (Å²) in [5.41, 5.74) is 2.00. The van der Waals surface area contributed by atoms with Crippen molar-refractivity contribution in [2.45, 2.75) is 38.6 Å². The molecule has 0 bridgehead atoms. The van der Waals surface area contributed by atoms with Crippen LogP contribution in [0.25, 0.3) is 0 Å². The zero-order valence-electron chi connectivity index (χ0n) is 17.1. The Morgan fingerprint density at radius 1 is 1.07 bits per heavy atom. The zero-order valence-corrected chi connectivity index (χ0v) is 17.1. The van der Waals surface area contributed by atoms with Gasteiger partial charge in [-0.25, -0.2) is 8.78 Å². The van der Waals surface area contributed by atoms with Crippen molar-refractivity contribution in [1.29, 1.82) is 0 Å². The van der Waals surface area contributed by atoms with Crippen LogP contribution in [0, 0.1) is 11.6 Å². The molecular weight excluding hydrogens is 388 g/mol. The summed E-state index contributed by atoms with van der Waals surface area (Å²) < 4.78 is 27.4. The molecule has 0 fully saturated rings. The maximum atomic E-state index is 13.7. The topological polar surface area (TPSA) is 61.4 Å². The Morgan fingerprint density at radius 3 is 2.53 bits per heavy atom. The van der Waals surface area contributed by atoms with E-state index in [1.807, 2.05) is 19.1 Å². The number of fused-ring (bicyclic) bond motifs is 1. The lowest BCUT2D eigenvalue weighted by Gasteiger charge is -2.27. The predicted molar refractivity (Wildman–Crippen MR) is 112 cm³/mol. The van der Waals surface area contributed by atoms with Crippen LogP contribution in [0.2, 0.25) is 0 Å². The van der Waals surface area contributed by atoms with Gasteiger partial charge in [0.1, 0.15) is 17.3 Å².